The topological polar surface area (TPSA) is 84.3 Å². The summed E-state index contributed by atoms with van der Waals surface area (Å²) in [6.07, 6.45) is 6.47. The second-order valence-corrected chi connectivity index (χ2v) is 12.8. The Morgan fingerprint density at radius 2 is 1.93 bits per heavy atom. The minimum absolute atomic E-state index is 0.0890. The average molecular weight is 573 g/mol. The van der Waals surface area contributed by atoms with Gasteiger partial charge in [-0.25, -0.2) is 22.5 Å². The van der Waals surface area contributed by atoms with Crippen molar-refractivity contribution in [2.24, 2.45) is 13.0 Å². The zero-order valence-electron chi connectivity index (χ0n) is 23.1. The normalized spacial score (nSPS) is 19.9. The van der Waals surface area contributed by atoms with Gasteiger partial charge in [0.15, 0.2) is 0 Å². The van der Waals surface area contributed by atoms with E-state index in [4.69, 9.17) is 0 Å². The molecular weight excluding hydrogens is 539 g/mol. The lowest BCUT2D eigenvalue weighted by Gasteiger charge is -2.29. The van der Waals surface area contributed by atoms with Crippen molar-refractivity contribution < 1.29 is 17.6 Å². The van der Waals surface area contributed by atoms with Gasteiger partial charge in [0.25, 0.3) is 0 Å². The lowest BCUT2D eigenvalue weighted by molar-refractivity contribution is -0.120. The van der Waals surface area contributed by atoms with Crippen LogP contribution < -0.4 is 9.62 Å². The van der Waals surface area contributed by atoms with E-state index in [0.717, 1.165) is 35.4 Å². The van der Waals surface area contributed by atoms with E-state index < -0.39 is 16.1 Å². The maximum atomic E-state index is 14.5. The van der Waals surface area contributed by atoms with E-state index in [-0.39, 0.29) is 35.0 Å². The van der Waals surface area contributed by atoms with Crippen molar-refractivity contribution in [3.05, 3.63) is 113 Å². The fraction of sp³-hybridized carbons (Fsp3) is 0.312. The number of hydrogen-bond acceptors (Lipinski definition) is 4. The number of benzene rings is 3. The van der Waals surface area contributed by atoms with Gasteiger partial charge in [0, 0.05) is 37.1 Å². The maximum Gasteiger partial charge on any atom is 0.241 e. The first-order chi connectivity index (χ1) is 19.7. The van der Waals surface area contributed by atoms with Gasteiger partial charge in [0.1, 0.15) is 11.6 Å². The van der Waals surface area contributed by atoms with E-state index >= 15 is 0 Å². The van der Waals surface area contributed by atoms with Crippen molar-refractivity contribution in [3.8, 4) is 0 Å². The maximum absolute atomic E-state index is 14.5. The van der Waals surface area contributed by atoms with E-state index in [1.807, 2.05) is 49.0 Å². The highest BCUT2D eigenvalue weighted by molar-refractivity contribution is 7.89. The third-order valence-corrected chi connectivity index (χ3v) is 9.72. The number of sulfonamides is 1. The minimum Gasteiger partial charge on any atom is -0.337 e. The molecule has 4 aromatic rings. The predicted molar refractivity (Wildman–Crippen MR) is 155 cm³/mol. The lowest BCUT2D eigenvalue weighted by Crippen LogP contribution is -2.34. The first-order valence-corrected chi connectivity index (χ1v) is 15.4. The van der Waals surface area contributed by atoms with Crippen LogP contribution in [-0.4, -0.2) is 23.9 Å². The summed E-state index contributed by atoms with van der Waals surface area (Å²) in [5, 5.41) is 0. The summed E-state index contributed by atoms with van der Waals surface area (Å²) in [7, 11) is -1.86. The molecular formula is C32H33FN4O3S. The van der Waals surface area contributed by atoms with Gasteiger partial charge in [-0.3, -0.25) is 4.79 Å². The van der Waals surface area contributed by atoms with Gasteiger partial charge in [-0.05, 0) is 91.1 Å². The van der Waals surface area contributed by atoms with Crippen molar-refractivity contribution in [3.63, 3.8) is 0 Å². The molecule has 1 heterocycles. The highest BCUT2D eigenvalue weighted by atomic mass is 32.2. The van der Waals surface area contributed by atoms with Gasteiger partial charge >= 0.3 is 0 Å². The van der Waals surface area contributed by atoms with Crippen molar-refractivity contribution in [2.45, 2.75) is 56.0 Å². The van der Waals surface area contributed by atoms with Crippen LogP contribution in [0, 0.1) is 18.7 Å². The number of amides is 1. The second-order valence-electron chi connectivity index (χ2n) is 11.1. The molecule has 0 unspecified atom stereocenters. The molecule has 0 aliphatic heterocycles. The molecule has 7 nitrogen and oxygen atoms in total. The molecule has 6 rings (SSSR count). The lowest BCUT2D eigenvalue weighted by atomic mass is 9.87. The Morgan fingerprint density at radius 1 is 1.10 bits per heavy atom. The first kappa shape index (κ1) is 27.4. The first-order valence-electron chi connectivity index (χ1n) is 13.9. The monoisotopic (exact) mass is 572 g/mol. The predicted octanol–water partition coefficient (Wildman–Crippen LogP) is 5.56. The molecule has 2 aliphatic carbocycles. The number of fused-ring (bicyclic) bond motifs is 1. The van der Waals surface area contributed by atoms with Crippen molar-refractivity contribution in [1.29, 1.82) is 0 Å². The highest BCUT2D eigenvalue weighted by Gasteiger charge is 2.47. The van der Waals surface area contributed by atoms with Crippen LogP contribution in [0.1, 0.15) is 59.3 Å². The van der Waals surface area contributed by atoms with E-state index in [2.05, 4.69) is 9.71 Å². The van der Waals surface area contributed by atoms with Crippen LogP contribution in [0.5, 0.6) is 0 Å². The van der Waals surface area contributed by atoms with Crippen LogP contribution in [0.4, 0.5) is 10.1 Å². The molecule has 3 atom stereocenters. The molecule has 41 heavy (non-hydrogen) atoms. The molecule has 0 saturated heterocycles. The number of anilines is 1. The Kier molecular flexibility index (Phi) is 7.25. The van der Waals surface area contributed by atoms with Crippen molar-refractivity contribution in [1.82, 2.24) is 14.3 Å². The summed E-state index contributed by atoms with van der Waals surface area (Å²) in [4.78, 5) is 20.4. The molecule has 2 aliphatic rings. The zero-order chi connectivity index (χ0) is 28.7. The van der Waals surface area contributed by atoms with Crippen LogP contribution in [0.15, 0.2) is 84.0 Å². The average Bonchev–Trinajstić information content (AvgIpc) is 3.65. The van der Waals surface area contributed by atoms with Gasteiger partial charge in [0.2, 0.25) is 15.9 Å². The van der Waals surface area contributed by atoms with Crippen LogP contribution >= 0.6 is 0 Å². The molecule has 0 spiro atoms. The standard InChI is InChI=1S/C32H33FN4O3S/c1-21-7-5-9-24(17-21)41(39,40)35-30-12-6-8-22-13-14-23(18-26(22)30)37(20-31-34-15-16-36(31)2)32(38)28-19-27(28)25-10-3-4-11-29(25)33/h3-5,7,9-11,13-18,27-28,30,35H,6,8,12,19-20H2,1-2H3/t27-,28-,30-/m1/s1. The number of nitrogens with one attached hydrogen (secondary N) is 1. The zero-order valence-corrected chi connectivity index (χ0v) is 23.9. The number of halogens is 1. The molecule has 1 aromatic heterocycles. The molecule has 0 radical (unpaired) electrons. The summed E-state index contributed by atoms with van der Waals surface area (Å²) in [5.74, 6) is -0.163. The number of nitrogens with zero attached hydrogens (tertiary/aromatic N) is 3. The highest BCUT2D eigenvalue weighted by Crippen LogP contribution is 2.50. The van der Waals surface area contributed by atoms with Crippen LogP contribution in [0.25, 0.3) is 0 Å². The Hall–Kier alpha value is -3.82. The molecule has 1 saturated carbocycles. The number of hydrogen-bond donors (Lipinski definition) is 1. The Bertz CT molecular complexity index is 1720. The van der Waals surface area contributed by atoms with Gasteiger partial charge in [-0.15, -0.1) is 0 Å². The Balaban J connectivity index is 1.32. The van der Waals surface area contributed by atoms with Gasteiger partial charge < -0.3 is 9.47 Å². The summed E-state index contributed by atoms with van der Waals surface area (Å²) >= 11 is 0. The van der Waals surface area contributed by atoms with E-state index in [0.29, 0.717) is 24.1 Å². The summed E-state index contributed by atoms with van der Waals surface area (Å²) in [6, 6.07) is 19.0. The third-order valence-electron chi connectivity index (χ3n) is 8.25. The number of carbonyl (C=O) groups is 1. The summed E-state index contributed by atoms with van der Waals surface area (Å²) in [6.45, 7) is 2.12. The molecule has 3 aromatic carbocycles. The molecule has 1 N–H and O–H groups in total. The van der Waals surface area contributed by atoms with Crippen molar-refractivity contribution in [2.75, 3.05) is 4.90 Å². The minimum atomic E-state index is -3.75. The van der Waals surface area contributed by atoms with E-state index in [1.165, 1.54) is 6.07 Å². The second kappa shape index (κ2) is 10.9. The van der Waals surface area contributed by atoms with Crippen LogP contribution in [-0.2, 0) is 34.8 Å². The molecule has 1 amide bonds. The van der Waals surface area contributed by atoms with Crippen molar-refractivity contribution >= 4 is 21.6 Å². The van der Waals surface area contributed by atoms with E-state index in [9.17, 15) is 17.6 Å². The largest absolute Gasteiger partial charge is 0.337 e. The van der Waals surface area contributed by atoms with Crippen LogP contribution in [0.3, 0.4) is 0 Å². The van der Waals surface area contributed by atoms with E-state index in [1.54, 1.807) is 47.5 Å². The summed E-state index contributed by atoms with van der Waals surface area (Å²) in [5.41, 5.74) is 4.06. The molecule has 212 valence electrons. The number of rotatable bonds is 8. The molecule has 1 fully saturated rings. The van der Waals surface area contributed by atoms with Gasteiger partial charge in [0.05, 0.1) is 11.4 Å². The number of aromatic nitrogens is 2. The fourth-order valence-corrected chi connectivity index (χ4v) is 7.24. The third kappa shape index (κ3) is 5.56. The SMILES string of the molecule is Cc1cccc(S(=O)(=O)N[C@@H]2CCCc3ccc(N(Cc4nccn4C)C(=O)[C@@H]4C[C@@H]4c4ccccc4F)cc32)c1. The Labute approximate surface area is 240 Å². The fourth-order valence-electron chi connectivity index (χ4n) is 5.89. The van der Waals surface area contributed by atoms with Crippen LogP contribution in [0.2, 0.25) is 0 Å². The van der Waals surface area contributed by atoms with Gasteiger partial charge in [-0.2, -0.15) is 0 Å². The van der Waals surface area contributed by atoms with Gasteiger partial charge in [-0.1, -0.05) is 36.4 Å². The molecule has 9 heteroatoms. The molecule has 0 bridgehead atoms. The smallest absolute Gasteiger partial charge is 0.241 e. The number of aryl methyl sites for hydroxylation is 3. The number of imidazole rings is 1. The number of carbonyl (C=O) groups excluding carboxylic acids is 1. The Morgan fingerprint density at radius 3 is 2.68 bits per heavy atom. The summed E-state index contributed by atoms with van der Waals surface area (Å²) < 4.78 is 46.0. The quantitative estimate of drug-likeness (QED) is 0.300.